The Kier molecular flexibility index (Phi) is 4.32. The standard InChI is InChI=1S/C14H14F2N4O2/c1-14(2,10-4-3-9(15)5-11(10)16)19-13-17-6-8(7-18-13)12(21)20-22/h3-7,22H,1-2H3,(H,20,21)(H,17,18,19). The molecule has 1 aromatic carbocycles. The number of carbonyl (C=O) groups excluding carboxylic acids is 1. The van der Waals surface area contributed by atoms with Gasteiger partial charge in [0.2, 0.25) is 5.95 Å². The minimum absolute atomic E-state index is 0.0684. The zero-order chi connectivity index (χ0) is 16.3. The third kappa shape index (κ3) is 3.34. The van der Waals surface area contributed by atoms with Crippen LogP contribution in [-0.2, 0) is 5.54 Å². The van der Waals surface area contributed by atoms with Gasteiger partial charge in [0.15, 0.2) is 0 Å². The molecule has 6 nitrogen and oxygen atoms in total. The van der Waals surface area contributed by atoms with Crippen molar-refractivity contribution in [1.29, 1.82) is 0 Å². The first-order valence-corrected chi connectivity index (χ1v) is 6.33. The fourth-order valence-corrected chi connectivity index (χ4v) is 1.92. The van der Waals surface area contributed by atoms with E-state index >= 15 is 0 Å². The SMILES string of the molecule is CC(C)(Nc1ncc(C(=O)NO)cn1)c1ccc(F)cc1F. The molecule has 0 radical (unpaired) electrons. The van der Waals surface area contributed by atoms with Crippen LogP contribution in [-0.4, -0.2) is 21.1 Å². The monoisotopic (exact) mass is 308 g/mol. The van der Waals surface area contributed by atoms with E-state index in [2.05, 4.69) is 15.3 Å². The Hall–Kier alpha value is -2.61. The van der Waals surface area contributed by atoms with Gasteiger partial charge in [0.25, 0.3) is 5.91 Å². The normalized spacial score (nSPS) is 11.1. The molecule has 0 aliphatic heterocycles. The van der Waals surface area contributed by atoms with Crippen molar-refractivity contribution in [2.45, 2.75) is 19.4 Å². The van der Waals surface area contributed by atoms with Gasteiger partial charge in [-0.1, -0.05) is 6.07 Å². The molecule has 116 valence electrons. The molecule has 0 bridgehead atoms. The maximum absolute atomic E-state index is 13.9. The molecule has 0 saturated heterocycles. The number of hydrogen-bond acceptors (Lipinski definition) is 5. The lowest BCUT2D eigenvalue weighted by Gasteiger charge is -2.27. The highest BCUT2D eigenvalue weighted by Crippen LogP contribution is 2.26. The molecule has 22 heavy (non-hydrogen) atoms. The van der Waals surface area contributed by atoms with Gasteiger partial charge < -0.3 is 5.32 Å². The van der Waals surface area contributed by atoms with Gasteiger partial charge in [0.1, 0.15) is 11.6 Å². The summed E-state index contributed by atoms with van der Waals surface area (Å²) in [5, 5.41) is 11.4. The molecule has 2 aromatic rings. The molecule has 0 unspecified atom stereocenters. The molecule has 3 N–H and O–H groups in total. The van der Waals surface area contributed by atoms with Gasteiger partial charge >= 0.3 is 0 Å². The van der Waals surface area contributed by atoms with E-state index in [-0.39, 0.29) is 17.1 Å². The zero-order valence-corrected chi connectivity index (χ0v) is 11.9. The van der Waals surface area contributed by atoms with Crippen LogP contribution in [0.15, 0.2) is 30.6 Å². The molecule has 0 fully saturated rings. The largest absolute Gasteiger partial charge is 0.345 e. The van der Waals surface area contributed by atoms with Crippen molar-refractivity contribution in [3.05, 3.63) is 53.4 Å². The van der Waals surface area contributed by atoms with Crippen molar-refractivity contribution < 1.29 is 18.8 Å². The summed E-state index contributed by atoms with van der Waals surface area (Å²) in [4.78, 5) is 19.0. The fraction of sp³-hybridized carbons (Fsp3) is 0.214. The van der Waals surface area contributed by atoms with Crippen molar-refractivity contribution in [2.24, 2.45) is 0 Å². The first-order chi connectivity index (χ1) is 10.3. The lowest BCUT2D eigenvalue weighted by Crippen LogP contribution is -2.30. The second-order valence-corrected chi connectivity index (χ2v) is 5.11. The summed E-state index contributed by atoms with van der Waals surface area (Å²) >= 11 is 0. The molecule has 1 amide bonds. The molecule has 0 saturated carbocycles. The lowest BCUT2D eigenvalue weighted by atomic mass is 9.94. The smallest absolute Gasteiger partial charge is 0.277 e. The number of halogens is 2. The Morgan fingerprint density at radius 2 is 1.86 bits per heavy atom. The summed E-state index contributed by atoms with van der Waals surface area (Å²) in [6.07, 6.45) is 2.41. The average Bonchev–Trinajstić information content (AvgIpc) is 2.46. The van der Waals surface area contributed by atoms with E-state index in [1.807, 2.05) is 0 Å². The number of anilines is 1. The maximum atomic E-state index is 13.9. The summed E-state index contributed by atoms with van der Waals surface area (Å²) < 4.78 is 26.8. The quantitative estimate of drug-likeness (QED) is 0.595. The first-order valence-electron chi connectivity index (χ1n) is 6.33. The summed E-state index contributed by atoms with van der Waals surface area (Å²) in [7, 11) is 0. The van der Waals surface area contributed by atoms with Gasteiger partial charge in [-0.15, -0.1) is 0 Å². The van der Waals surface area contributed by atoms with Crippen LogP contribution >= 0.6 is 0 Å². The second kappa shape index (κ2) is 6.02. The topological polar surface area (TPSA) is 87.1 Å². The number of rotatable bonds is 4. The van der Waals surface area contributed by atoms with Crippen LogP contribution in [0, 0.1) is 11.6 Å². The van der Waals surface area contributed by atoms with Crippen molar-refractivity contribution in [1.82, 2.24) is 15.4 Å². The van der Waals surface area contributed by atoms with E-state index < -0.39 is 23.1 Å². The lowest BCUT2D eigenvalue weighted by molar-refractivity contribution is 0.0705. The van der Waals surface area contributed by atoms with Gasteiger partial charge in [-0.3, -0.25) is 10.0 Å². The zero-order valence-electron chi connectivity index (χ0n) is 11.9. The summed E-state index contributed by atoms with van der Waals surface area (Å²) in [5.41, 5.74) is 0.872. The number of nitrogens with one attached hydrogen (secondary N) is 2. The molecule has 0 aliphatic carbocycles. The Morgan fingerprint density at radius 1 is 1.23 bits per heavy atom. The molecule has 0 atom stereocenters. The van der Waals surface area contributed by atoms with Crippen LogP contribution in [0.1, 0.15) is 29.8 Å². The number of hydroxylamine groups is 1. The van der Waals surface area contributed by atoms with Crippen molar-refractivity contribution >= 4 is 11.9 Å². The van der Waals surface area contributed by atoms with Gasteiger partial charge in [0, 0.05) is 24.0 Å². The van der Waals surface area contributed by atoms with E-state index in [4.69, 9.17) is 5.21 Å². The number of carbonyl (C=O) groups is 1. The van der Waals surface area contributed by atoms with Crippen LogP contribution in [0.2, 0.25) is 0 Å². The van der Waals surface area contributed by atoms with Crippen molar-refractivity contribution in [2.75, 3.05) is 5.32 Å². The second-order valence-electron chi connectivity index (χ2n) is 5.11. The van der Waals surface area contributed by atoms with Gasteiger partial charge in [-0.05, 0) is 19.9 Å². The summed E-state index contributed by atoms with van der Waals surface area (Å²) in [6.45, 7) is 3.36. The van der Waals surface area contributed by atoms with E-state index in [1.54, 1.807) is 13.8 Å². The molecule has 0 spiro atoms. The molecule has 1 aromatic heterocycles. The van der Waals surface area contributed by atoms with E-state index in [1.165, 1.54) is 23.9 Å². The van der Waals surface area contributed by atoms with Crippen LogP contribution < -0.4 is 10.8 Å². The highest BCUT2D eigenvalue weighted by atomic mass is 19.1. The number of amides is 1. The van der Waals surface area contributed by atoms with Gasteiger partial charge in [-0.25, -0.2) is 24.2 Å². The summed E-state index contributed by atoms with van der Waals surface area (Å²) in [5.74, 6) is -1.93. The van der Waals surface area contributed by atoms with Crippen LogP contribution in [0.3, 0.4) is 0 Å². The molecule has 1 heterocycles. The summed E-state index contributed by atoms with van der Waals surface area (Å²) in [6, 6.07) is 3.30. The molecular formula is C14H14F2N4O2. The van der Waals surface area contributed by atoms with Gasteiger partial charge in [-0.2, -0.15) is 0 Å². The molecule has 0 aliphatic rings. The van der Waals surface area contributed by atoms with Crippen LogP contribution in [0.25, 0.3) is 0 Å². The number of aromatic nitrogens is 2. The fourth-order valence-electron chi connectivity index (χ4n) is 1.92. The number of nitrogens with zero attached hydrogens (tertiary/aromatic N) is 2. The third-order valence-electron chi connectivity index (χ3n) is 3.04. The van der Waals surface area contributed by atoms with Crippen LogP contribution in [0.4, 0.5) is 14.7 Å². The average molecular weight is 308 g/mol. The highest BCUT2D eigenvalue weighted by molar-refractivity contribution is 5.92. The van der Waals surface area contributed by atoms with Crippen molar-refractivity contribution in [3.8, 4) is 0 Å². The van der Waals surface area contributed by atoms with E-state index in [0.29, 0.717) is 0 Å². The van der Waals surface area contributed by atoms with Crippen LogP contribution in [0.5, 0.6) is 0 Å². The van der Waals surface area contributed by atoms with Crippen molar-refractivity contribution in [3.63, 3.8) is 0 Å². The minimum atomic E-state index is -0.904. The Morgan fingerprint density at radius 3 is 2.41 bits per heavy atom. The first kappa shape index (κ1) is 15.8. The third-order valence-corrected chi connectivity index (χ3v) is 3.04. The minimum Gasteiger partial charge on any atom is -0.345 e. The Bertz CT molecular complexity index is 690. The number of benzene rings is 1. The molecule has 2 rings (SSSR count). The predicted octanol–water partition coefficient (Wildman–Crippen LogP) is 2.22. The highest BCUT2D eigenvalue weighted by Gasteiger charge is 2.25. The molecular weight excluding hydrogens is 294 g/mol. The predicted molar refractivity (Wildman–Crippen MR) is 74.3 cm³/mol. The van der Waals surface area contributed by atoms with E-state index in [9.17, 15) is 13.6 Å². The maximum Gasteiger partial charge on any atom is 0.277 e. The molecule has 8 heteroatoms. The number of hydrogen-bond donors (Lipinski definition) is 3. The van der Waals surface area contributed by atoms with Gasteiger partial charge in [0.05, 0.1) is 11.1 Å². The Balaban J connectivity index is 2.22. The van der Waals surface area contributed by atoms with E-state index in [0.717, 1.165) is 12.1 Å². The Labute approximate surface area is 125 Å².